The van der Waals surface area contributed by atoms with Gasteiger partial charge in [-0.25, -0.2) is 4.39 Å². The second kappa shape index (κ2) is 7.52. The first-order valence-corrected chi connectivity index (χ1v) is 7.47. The predicted octanol–water partition coefficient (Wildman–Crippen LogP) is 1.53. The Balaban J connectivity index is 1.72. The summed E-state index contributed by atoms with van der Waals surface area (Å²) in [5.41, 5.74) is 0.499. The molecular formula is C16H23FN2O2. The van der Waals surface area contributed by atoms with E-state index in [2.05, 4.69) is 10.2 Å². The van der Waals surface area contributed by atoms with Crippen LogP contribution < -0.4 is 5.32 Å². The van der Waals surface area contributed by atoms with Crippen LogP contribution in [0, 0.1) is 11.7 Å². The van der Waals surface area contributed by atoms with Gasteiger partial charge in [-0.3, -0.25) is 9.69 Å². The lowest BCUT2D eigenvalue weighted by atomic mass is 9.92. The summed E-state index contributed by atoms with van der Waals surface area (Å²) in [6.45, 7) is 4.02. The number of aliphatic hydroxyl groups excluding tert-OH is 1. The number of hydrogen-bond donors (Lipinski definition) is 2. The molecule has 116 valence electrons. The molecule has 0 aromatic heterocycles. The smallest absolute Gasteiger partial charge is 0.234 e. The zero-order chi connectivity index (χ0) is 15.2. The fourth-order valence-electron chi connectivity index (χ4n) is 2.69. The Morgan fingerprint density at radius 2 is 2.10 bits per heavy atom. The predicted molar refractivity (Wildman–Crippen MR) is 79.1 cm³/mol. The molecule has 1 fully saturated rings. The number of aliphatic hydroxyl groups is 1. The van der Waals surface area contributed by atoms with Gasteiger partial charge in [-0.15, -0.1) is 0 Å². The van der Waals surface area contributed by atoms with E-state index in [9.17, 15) is 14.3 Å². The highest BCUT2D eigenvalue weighted by molar-refractivity contribution is 5.78. The minimum absolute atomic E-state index is 0.0891. The first-order chi connectivity index (χ1) is 10.1. The lowest BCUT2D eigenvalue weighted by Gasteiger charge is -2.32. The van der Waals surface area contributed by atoms with Crippen LogP contribution in [0.25, 0.3) is 0 Å². The number of benzene rings is 1. The summed E-state index contributed by atoms with van der Waals surface area (Å²) >= 11 is 0. The van der Waals surface area contributed by atoms with Gasteiger partial charge < -0.3 is 10.4 Å². The zero-order valence-electron chi connectivity index (χ0n) is 12.4. The normalized spacial score (nSPS) is 18.4. The average Bonchev–Trinajstić information content (AvgIpc) is 2.47. The van der Waals surface area contributed by atoms with Gasteiger partial charge in [-0.05, 0) is 44.8 Å². The molecule has 1 aliphatic heterocycles. The number of rotatable bonds is 5. The van der Waals surface area contributed by atoms with Gasteiger partial charge >= 0.3 is 0 Å². The van der Waals surface area contributed by atoms with Gasteiger partial charge in [0.2, 0.25) is 5.91 Å². The molecule has 0 aliphatic carbocycles. The maximum Gasteiger partial charge on any atom is 0.234 e. The SMILES string of the molecule is CC(O)C1CCN(CC(=O)NCc2ccccc2F)CC1. The van der Waals surface area contributed by atoms with E-state index in [-0.39, 0.29) is 24.4 Å². The van der Waals surface area contributed by atoms with Crippen molar-refractivity contribution in [3.63, 3.8) is 0 Å². The minimum Gasteiger partial charge on any atom is -0.393 e. The number of halogens is 1. The van der Waals surface area contributed by atoms with E-state index in [1.165, 1.54) is 6.07 Å². The maximum atomic E-state index is 13.4. The number of nitrogens with one attached hydrogen (secondary N) is 1. The van der Waals surface area contributed by atoms with E-state index in [4.69, 9.17) is 0 Å². The zero-order valence-corrected chi connectivity index (χ0v) is 12.4. The van der Waals surface area contributed by atoms with Crippen LogP contribution in [-0.2, 0) is 11.3 Å². The van der Waals surface area contributed by atoms with Crippen LogP contribution in [-0.4, -0.2) is 41.7 Å². The molecule has 0 radical (unpaired) electrons. The monoisotopic (exact) mass is 294 g/mol. The Morgan fingerprint density at radius 1 is 1.43 bits per heavy atom. The number of carbonyl (C=O) groups is 1. The molecule has 0 bridgehead atoms. The molecule has 1 atom stereocenters. The van der Waals surface area contributed by atoms with Crippen LogP contribution in [0.1, 0.15) is 25.3 Å². The number of nitrogens with zero attached hydrogens (tertiary/aromatic N) is 1. The molecule has 21 heavy (non-hydrogen) atoms. The van der Waals surface area contributed by atoms with Crippen LogP contribution in [0.5, 0.6) is 0 Å². The van der Waals surface area contributed by atoms with Crippen molar-refractivity contribution in [1.82, 2.24) is 10.2 Å². The molecule has 1 aliphatic rings. The molecule has 4 nitrogen and oxygen atoms in total. The second-order valence-electron chi connectivity index (χ2n) is 5.72. The van der Waals surface area contributed by atoms with Crippen molar-refractivity contribution in [3.8, 4) is 0 Å². The topological polar surface area (TPSA) is 52.6 Å². The molecule has 5 heteroatoms. The highest BCUT2D eigenvalue weighted by Crippen LogP contribution is 2.20. The van der Waals surface area contributed by atoms with E-state index in [0.29, 0.717) is 18.0 Å². The Kier molecular flexibility index (Phi) is 5.70. The van der Waals surface area contributed by atoms with E-state index >= 15 is 0 Å². The molecule has 1 aromatic rings. The summed E-state index contributed by atoms with van der Waals surface area (Å²) in [6, 6.07) is 6.45. The van der Waals surface area contributed by atoms with Gasteiger partial charge in [0.05, 0.1) is 12.6 Å². The van der Waals surface area contributed by atoms with Crippen molar-refractivity contribution in [3.05, 3.63) is 35.6 Å². The average molecular weight is 294 g/mol. The molecular weight excluding hydrogens is 271 g/mol. The van der Waals surface area contributed by atoms with Gasteiger partial charge in [-0.2, -0.15) is 0 Å². The summed E-state index contributed by atoms with van der Waals surface area (Å²) in [4.78, 5) is 14.0. The Hall–Kier alpha value is -1.46. The van der Waals surface area contributed by atoms with Crippen LogP contribution in [0.4, 0.5) is 4.39 Å². The Labute approximate surface area is 125 Å². The summed E-state index contributed by atoms with van der Waals surface area (Å²) in [5.74, 6) is -0.0491. The summed E-state index contributed by atoms with van der Waals surface area (Å²) < 4.78 is 13.4. The van der Waals surface area contributed by atoms with Crippen molar-refractivity contribution in [2.45, 2.75) is 32.4 Å². The molecule has 1 aromatic carbocycles. The number of likely N-dealkylation sites (tertiary alicyclic amines) is 1. The molecule has 2 N–H and O–H groups in total. The van der Waals surface area contributed by atoms with Crippen LogP contribution in [0.2, 0.25) is 0 Å². The quantitative estimate of drug-likeness (QED) is 0.866. The van der Waals surface area contributed by atoms with E-state index in [1.54, 1.807) is 18.2 Å². The molecule has 0 spiro atoms. The Bertz CT molecular complexity index is 471. The Morgan fingerprint density at radius 3 is 2.71 bits per heavy atom. The van der Waals surface area contributed by atoms with Crippen LogP contribution in [0.15, 0.2) is 24.3 Å². The summed E-state index contributed by atoms with van der Waals surface area (Å²) in [7, 11) is 0. The lowest BCUT2D eigenvalue weighted by molar-refractivity contribution is -0.122. The van der Waals surface area contributed by atoms with Crippen molar-refractivity contribution in [2.75, 3.05) is 19.6 Å². The standard InChI is InChI=1S/C16H23FN2O2/c1-12(20)13-6-8-19(9-7-13)11-16(21)18-10-14-4-2-3-5-15(14)17/h2-5,12-13,20H,6-11H2,1H3,(H,18,21). The number of piperidine rings is 1. The molecule has 2 rings (SSSR count). The van der Waals surface area contributed by atoms with E-state index in [1.807, 2.05) is 6.92 Å². The van der Waals surface area contributed by atoms with Crippen molar-refractivity contribution in [2.24, 2.45) is 5.92 Å². The summed E-state index contributed by atoms with van der Waals surface area (Å²) in [6.07, 6.45) is 1.55. The van der Waals surface area contributed by atoms with Gasteiger partial charge in [0.15, 0.2) is 0 Å². The number of hydrogen-bond acceptors (Lipinski definition) is 3. The van der Waals surface area contributed by atoms with Gasteiger partial charge in [-0.1, -0.05) is 18.2 Å². The van der Waals surface area contributed by atoms with Crippen molar-refractivity contribution >= 4 is 5.91 Å². The lowest BCUT2D eigenvalue weighted by Crippen LogP contribution is -2.42. The first kappa shape index (κ1) is 15.9. The van der Waals surface area contributed by atoms with Crippen LogP contribution >= 0.6 is 0 Å². The fourth-order valence-corrected chi connectivity index (χ4v) is 2.69. The third kappa shape index (κ3) is 4.79. The van der Waals surface area contributed by atoms with Crippen molar-refractivity contribution < 1.29 is 14.3 Å². The molecule has 0 saturated carbocycles. The highest BCUT2D eigenvalue weighted by atomic mass is 19.1. The van der Waals surface area contributed by atoms with Gasteiger partial charge in [0.25, 0.3) is 0 Å². The van der Waals surface area contributed by atoms with E-state index < -0.39 is 0 Å². The second-order valence-corrected chi connectivity index (χ2v) is 5.72. The van der Waals surface area contributed by atoms with E-state index in [0.717, 1.165) is 25.9 Å². The third-order valence-corrected chi connectivity index (χ3v) is 4.12. The molecule has 1 amide bonds. The largest absolute Gasteiger partial charge is 0.393 e. The van der Waals surface area contributed by atoms with Crippen LogP contribution in [0.3, 0.4) is 0 Å². The molecule has 1 heterocycles. The fraction of sp³-hybridized carbons (Fsp3) is 0.562. The van der Waals surface area contributed by atoms with Gasteiger partial charge in [0, 0.05) is 12.1 Å². The number of amides is 1. The maximum absolute atomic E-state index is 13.4. The minimum atomic E-state index is -0.296. The molecule has 1 unspecified atom stereocenters. The first-order valence-electron chi connectivity index (χ1n) is 7.47. The third-order valence-electron chi connectivity index (χ3n) is 4.12. The number of carbonyl (C=O) groups excluding carboxylic acids is 1. The van der Waals surface area contributed by atoms with Crippen molar-refractivity contribution in [1.29, 1.82) is 0 Å². The molecule has 1 saturated heterocycles. The highest BCUT2D eigenvalue weighted by Gasteiger charge is 2.23. The summed E-state index contributed by atoms with van der Waals surface area (Å²) in [5, 5.41) is 12.3. The van der Waals surface area contributed by atoms with Gasteiger partial charge in [0.1, 0.15) is 5.82 Å².